The summed E-state index contributed by atoms with van der Waals surface area (Å²) in [6.45, 7) is -0.348. The first-order chi connectivity index (χ1) is 12.9. The van der Waals surface area contributed by atoms with Gasteiger partial charge >= 0.3 is 5.97 Å². The Bertz CT molecular complexity index is 897. The molecule has 0 saturated carbocycles. The van der Waals surface area contributed by atoms with Gasteiger partial charge in [-0.1, -0.05) is 18.2 Å². The van der Waals surface area contributed by atoms with E-state index >= 15 is 0 Å². The molecule has 0 fully saturated rings. The van der Waals surface area contributed by atoms with Crippen LogP contribution in [0.1, 0.15) is 27.9 Å². The van der Waals surface area contributed by atoms with Crippen molar-refractivity contribution >= 4 is 23.5 Å². The van der Waals surface area contributed by atoms with Crippen LogP contribution in [0.15, 0.2) is 42.5 Å². The van der Waals surface area contributed by atoms with Crippen molar-refractivity contribution in [3.63, 3.8) is 0 Å². The summed E-state index contributed by atoms with van der Waals surface area (Å²) in [5.41, 5.74) is 2.24. The summed E-state index contributed by atoms with van der Waals surface area (Å²) >= 11 is 0. The minimum atomic E-state index is -0.623. The third kappa shape index (κ3) is 4.49. The molecule has 6 nitrogen and oxygen atoms in total. The number of nitrogens with one attached hydrogen (secondary N) is 1. The van der Waals surface area contributed by atoms with Crippen LogP contribution in [0.2, 0.25) is 0 Å². The number of hydrogen-bond acceptors (Lipinski definition) is 4. The molecule has 0 unspecified atom stereocenters. The van der Waals surface area contributed by atoms with Crippen LogP contribution in [0.4, 0.5) is 10.1 Å². The molecule has 2 amide bonds. The lowest BCUT2D eigenvalue weighted by Gasteiger charge is -2.18. The maximum absolute atomic E-state index is 13.7. The van der Waals surface area contributed by atoms with E-state index in [9.17, 15) is 18.8 Å². The summed E-state index contributed by atoms with van der Waals surface area (Å²) in [6.07, 6.45) is 0.914. The number of aryl methyl sites for hydroxylation is 1. The molecule has 0 radical (unpaired) electrons. The van der Waals surface area contributed by atoms with Gasteiger partial charge in [0.25, 0.3) is 5.91 Å². The number of halogens is 1. The molecular formula is C20H19FN2O4. The van der Waals surface area contributed by atoms with Gasteiger partial charge in [-0.2, -0.15) is 0 Å². The van der Waals surface area contributed by atoms with E-state index in [1.165, 1.54) is 18.0 Å². The first-order valence-electron chi connectivity index (χ1n) is 8.51. The second kappa shape index (κ2) is 7.99. The van der Waals surface area contributed by atoms with Crippen molar-refractivity contribution in [3.05, 3.63) is 65.0 Å². The van der Waals surface area contributed by atoms with E-state index < -0.39 is 24.3 Å². The summed E-state index contributed by atoms with van der Waals surface area (Å²) in [4.78, 5) is 37.0. The average Bonchev–Trinajstić information content (AvgIpc) is 2.67. The van der Waals surface area contributed by atoms with Gasteiger partial charge in [0.15, 0.2) is 6.61 Å². The number of carbonyl (C=O) groups is 3. The largest absolute Gasteiger partial charge is 0.452 e. The Hall–Kier alpha value is -3.22. The first-order valence-corrected chi connectivity index (χ1v) is 8.51. The van der Waals surface area contributed by atoms with Crippen molar-refractivity contribution in [1.82, 2.24) is 4.90 Å². The molecule has 0 saturated heterocycles. The number of amides is 2. The van der Waals surface area contributed by atoms with Gasteiger partial charge in [-0.05, 0) is 36.2 Å². The summed E-state index contributed by atoms with van der Waals surface area (Å²) in [6, 6.07) is 11.0. The standard InChI is InChI=1S/C20H19FN2O4/c1-23(11-15-4-2-3-5-16(15)21)19(25)12-27-20(26)14-6-8-17-13(10-14)7-9-18(24)22-17/h2-6,8,10H,7,9,11-12H2,1H3,(H,22,24). The molecule has 0 aliphatic carbocycles. The van der Waals surface area contributed by atoms with Gasteiger partial charge < -0.3 is 15.0 Å². The normalized spacial score (nSPS) is 12.7. The van der Waals surface area contributed by atoms with Gasteiger partial charge in [-0.15, -0.1) is 0 Å². The third-order valence-electron chi connectivity index (χ3n) is 4.35. The number of anilines is 1. The fourth-order valence-corrected chi connectivity index (χ4v) is 2.80. The minimum Gasteiger partial charge on any atom is -0.452 e. The smallest absolute Gasteiger partial charge is 0.338 e. The number of rotatable bonds is 5. The zero-order valence-electron chi connectivity index (χ0n) is 14.8. The molecular weight excluding hydrogens is 351 g/mol. The number of nitrogens with zero attached hydrogens (tertiary/aromatic N) is 1. The minimum absolute atomic E-state index is 0.0543. The van der Waals surface area contributed by atoms with Crippen LogP contribution in [0.3, 0.4) is 0 Å². The van der Waals surface area contributed by atoms with Crippen LogP contribution in [0, 0.1) is 5.82 Å². The van der Waals surface area contributed by atoms with Crippen molar-refractivity contribution in [2.45, 2.75) is 19.4 Å². The molecule has 0 aromatic heterocycles. The van der Waals surface area contributed by atoms with Crippen molar-refractivity contribution in [2.24, 2.45) is 0 Å². The molecule has 2 aromatic carbocycles. The maximum Gasteiger partial charge on any atom is 0.338 e. The highest BCUT2D eigenvalue weighted by molar-refractivity contribution is 5.96. The van der Waals surface area contributed by atoms with Crippen LogP contribution >= 0.6 is 0 Å². The zero-order chi connectivity index (χ0) is 19.4. The number of likely N-dealkylation sites (N-methyl/N-ethyl adjacent to an activating group) is 1. The lowest BCUT2D eigenvalue weighted by atomic mass is 10.0. The van der Waals surface area contributed by atoms with Gasteiger partial charge in [0, 0.05) is 31.3 Å². The highest BCUT2D eigenvalue weighted by atomic mass is 19.1. The SMILES string of the molecule is CN(Cc1ccccc1F)C(=O)COC(=O)c1ccc2c(c1)CCC(=O)N2. The molecule has 1 aliphatic rings. The van der Waals surface area contributed by atoms with Gasteiger partial charge in [-0.3, -0.25) is 9.59 Å². The topological polar surface area (TPSA) is 75.7 Å². The number of benzene rings is 2. The lowest BCUT2D eigenvalue weighted by Crippen LogP contribution is -2.31. The fraction of sp³-hybridized carbons (Fsp3) is 0.250. The molecule has 1 aliphatic heterocycles. The van der Waals surface area contributed by atoms with Crippen molar-refractivity contribution in [2.75, 3.05) is 19.0 Å². The van der Waals surface area contributed by atoms with Gasteiger partial charge in [0.2, 0.25) is 5.91 Å². The Balaban J connectivity index is 1.56. The number of hydrogen-bond donors (Lipinski definition) is 1. The Labute approximate surface area is 155 Å². The second-order valence-corrected chi connectivity index (χ2v) is 6.34. The predicted octanol–water partition coefficient (Wildman–Crippen LogP) is 2.53. The second-order valence-electron chi connectivity index (χ2n) is 6.34. The average molecular weight is 370 g/mol. The van der Waals surface area contributed by atoms with E-state index in [4.69, 9.17) is 4.74 Å². The highest BCUT2D eigenvalue weighted by Gasteiger charge is 2.19. The Morgan fingerprint density at radius 3 is 2.74 bits per heavy atom. The first kappa shape index (κ1) is 18.6. The van der Waals surface area contributed by atoms with Gasteiger partial charge in [0.1, 0.15) is 5.82 Å². The fourth-order valence-electron chi connectivity index (χ4n) is 2.80. The van der Waals surface area contributed by atoms with Crippen molar-refractivity contribution in [1.29, 1.82) is 0 Å². The summed E-state index contributed by atoms with van der Waals surface area (Å²) in [7, 11) is 1.52. The van der Waals surface area contributed by atoms with E-state index in [0.29, 0.717) is 29.7 Å². The number of fused-ring (bicyclic) bond motifs is 1. The maximum atomic E-state index is 13.7. The summed E-state index contributed by atoms with van der Waals surface area (Å²) < 4.78 is 18.7. The predicted molar refractivity (Wildman–Crippen MR) is 96.5 cm³/mol. The Kier molecular flexibility index (Phi) is 5.49. The number of carbonyl (C=O) groups excluding carboxylic acids is 3. The molecule has 140 valence electrons. The molecule has 1 heterocycles. The number of ether oxygens (including phenoxy) is 1. The quantitative estimate of drug-likeness (QED) is 0.821. The van der Waals surface area contributed by atoms with E-state index in [-0.39, 0.29) is 12.5 Å². The van der Waals surface area contributed by atoms with Crippen LogP contribution in [-0.2, 0) is 27.3 Å². The van der Waals surface area contributed by atoms with Gasteiger partial charge in [-0.25, -0.2) is 9.18 Å². The summed E-state index contributed by atoms with van der Waals surface area (Å²) in [5.74, 6) is -1.50. The van der Waals surface area contributed by atoms with Gasteiger partial charge in [0.05, 0.1) is 5.56 Å². The van der Waals surface area contributed by atoms with Crippen molar-refractivity contribution < 1.29 is 23.5 Å². The molecule has 7 heteroatoms. The molecule has 2 aromatic rings. The van der Waals surface area contributed by atoms with Crippen molar-refractivity contribution in [3.8, 4) is 0 Å². The van der Waals surface area contributed by atoms with E-state index in [2.05, 4.69) is 5.32 Å². The molecule has 0 bridgehead atoms. The third-order valence-corrected chi connectivity index (χ3v) is 4.35. The van der Waals surface area contributed by atoms with Crippen LogP contribution in [-0.4, -0.2) is 36.3 Å². The monoisotopic (exact) mass is 370 g/mol. The number of esters is 1. The Morgan fingerprint density at radius 2 is 1.96 bits per heavy atom. The lowest BCUT2D eigenvalue weighted by molar-refractivity contribution is -0.133. The molecule has 3 rings (SSSR count). The molecule has 27 heavy (non-hydrogen) atoms. The summed E-state index contributed by atoms with van der Waals surface area (Å²) in [5, 5.41) is 2.74. The van der Waals surface area contributed by atoms with Crippen LogP contribution in [0.25, 0.3) is 0 Å². The molecule has 0 spiro atoms. The van der Waals surface area contributed by atoms with E-state index in [0.717, 1.165) is 5.56 Å². The molecule has 0 atom stereocenters. The van der Waals surface area contributed by atoms with Crippen LogP contribution in [0.5, 0.6) is 0 Å². The zero-order valence-corrected chi connectivity index (χ0v) is 14.8. The van der Waals surface area contributed by atoms with E-state index in [1.54, 1.807) is 36.4 Å². The van der Waals surface area contributed by atoms with E-state index in [1.807, 2.05) is 0 Å². The molecule has 1 N–H and O–H groups in total. The highest BCUT2D eigenvalue weighted by Crippen LogP contribution is 2.23. The van der Waals surface area contributed by atoms with Crippen LogP contribution < -0.4 is 5.32 Å². The Morgan fingerprint density at radius 1 is 1.19 bits per heavy atom.